The van der Waals surface area contributed by atoms with Gasteiger partial charge in [0.2, 0.25) is 11.8 Å². The van der Waals surface area contributed by atoms with Crippen LogP contribution in [0.4, 0.5) is 5.69 Å². The van der Waals surface area contributed by atoms with Gasteiger partial charge in [-0.25, -0.2) is 0 Å². The van der Waals surface area contributed by atoms with Crippen LogP contribution in [-0.4, -0.2) is 29.8 Å². The highest BCUT2D eigenvalue weighted by Crippen LogP contribution is 2.20. The lowest BCUT2D eigenvalue weighted by molar-refractivity contribution is -0.133. The Balaban J connectivity index is 1.48. The van der Waals surface area contributed by atoms with Crippen LogP contribution in [0.3, 0.4) is 0 Å². The van der Waals surface area contributed by atoms with Gasteiger partial charge in [0.15, 0.2) is 0 Å². The number of rotatable bonds is 4. The quantitative estimate of drug-likeness (QED) is 0.930. The molecule has 2 aromatic carbocycles. The van der Waals surface area contributed by atoms with Crippen LogP contribution in [0.25, 0.3) is 0 Å². The molecule has 4 heteroatoms. The predicted octanol–water partition coefficient (Wildman–Crippen LogP) is 3.41. The van der Waals surface area contributed by atoms with Crippen molar-refractivity contribution in [1.82, 2.24) is 4.90 Å². The molecule has 4 nitrogen and oxygen atoms in total. The third kappa shape index (κ3) is 4.69. The van der Waals surface area contributed by atoms with E-state index in [0.29, 0.717) is 19.5 Å². The zero-order valence-corrected chi connectivity index (χ0v) is 14.6. The first-order valence-electron chi connectivity index (χ1n) is 8.81. The Morgan fingerprint density at radius 1 is 1.00 bits per heavy atom. The fraction of sp³-hybridized carbons (Fsp3) is 0.333. The zero-order valence-electron chi connectivity index (χ0n) is 14.6. The number of hydrogen-bond acceptors (Lipinski definition) is 2. The highest BCUT2D eigenvalue weighted by atomic mass is 16.2. The molecule has 0 unspecified atom stereocenters. The number of nitrogens with one attached hydrogen (secondary N) is 1. The lowest BCUT2D eigenvalue weighted by Crippen LogP contribution is -2.42. The van der Waals surface area contributed by atoms with Gasteiger partial charge in [-0.05, 0) is 37.5 Å². The molecule has 3 rings (SSSR count). The molecule has 0 bridgehead atoms. The van der Waals surface area contributed by atoms with E-state index in [1.807, 2.05) is 66.4 Å². The fourth-order valence-corrected chi connectivity index (χ4v) is 3.15. The van der Waals surface area contributed by atoms with Gasteiger partial charge in [-0.1, -0.05) is 48.0 Å². The lowest BCUT2D eigenvalue weighted by Gasteiger charge is -2.31. The largest absolute Gasteiger partial charge is 0.342 e. The van der Waals surface area contributed by atoms with Gasteiger partial charge in [-0.3, -0.25) is 9.59 Å². The van der Waals surface area contributed by atoms with E-state index in [4.69, 9.17) is 0 Å². The van der Waals surface area contributed by atoms with Gasteiger partial charge in [0.05, 0.1) is 6.42 Å². The highest BCUT2D eigenvalue weighted by Gasteiger charge is 2.27. The molecule has 0 aliphatic carbocycles. The minimum atomic E-state index is -0.0244. The molecule has 2 amide bonds. The molecule has 0 radical (unpaired) electrons. The van der Waals surface area contributed by atoms with Gasteiger partial charge >= 0.3 is 0 Å². The standard InChI is InChI=1S/C21H24N2O2/c1-16-7-9-17(10-8-16)15-20(24)23-13-11-18(12-14-23)21(25)22-19-5-3-2-4-6-19/h2-10,18H,11-15H2,1H3,(H,22,25). The summed E-state index contributed by atoms with van der Waals surface area (Å²) in [6.45, 7) is 3.34. The monoisotopic (exact) mass is 336 g/mol. The van der Waals surface area contributed by atoms with Crippen molar-refractivity contribution in [3.05, 3.63) is 65.7 Å². The Morgan fingerprint density at radius 3 is 2.28 bits per heavy atom. The minimum Gasteiger partial charge on any atom is -0.342 e. The van der Waals surface area contributed by atoms with Crippen LogP contribution in [0.1, 0.15) is 24.0 Å². The Morgan fingerprint density at radius 2 is 1.64 bits per heavy atom. The summed E-state index contributed by atoms with van der Waals surface area (Å²) >= 11 is 0. The summed E-state index contributed by atoms with van der Waals surface area (Å²) in [5.41, 5.74) is 3.06. The van der Waals surface area contributed by atoms with Gasteiger partial charge in [0.1, 0.15) is 0 Å². The third-order valence-corrected chi connectivity index (χ3v) is 4.74. The van der Waals surface area contributed by atoms with Crippen LogP contribution in [-0.2, 0) is 16.0 Å². The first kappa shape index (κ1) is 17.2. The van der Waals surface area contributed by atoms with E-state index >= 15 is 0 Å². The number of carbonyl (C=O) groups is 2. The second-order valence-electron chi connectivity index (χ2n) is 6.67. The van der Waals surface area contributed by atoms with Crippen LogP contribution in [0.15, 0.2) is 54.6 Å². The number of likely N-dealkylation sites (tertiary alicyclic amines) is 1. The molecule has 0 saturated carbocycles. The summed E-state index contributed by atoms with van der Waals surface area (Å²) < 4.78 is 0. The number of amides is 2. The number of carbonyl (C=O) groups excluding carboxylic acids is 2. The molecule has 0 aromatic heterocycles. The first-order chi connectivity index (χ1) is 12.1. The van der Waals surface area contributed by atoms with E-state index in [2.05, 4.69) is 5.32 Å². The Kier molecular flexibility index (Phi) is 5.49. The molecule has 1 N–H and O–H groups in total. The molecule has 1 aliphatic rings. The van der Waals surface area contributed by atoms with Crippen molar-refractivity contribution >= 4 is 17.5 Å². The number of benzene rings is 2. The summed E-state index contributed by atoms with van der Waals surface area (Å²) in [7, 11) is 0. The Labute approximate surface area is 148 Å². The van der Waals surface area contributed by atoms with Gasteiger partial charge in [0.25, 0.3) is 0 Å². The molecule has 1 saturated heterocycles. The van der Waals surface area contributed by atoms with Gasteiger partial charge < -0.3 is 10.2 Å². The normalized spacial score (nSPS) is 15.0. The van der Waals surface area contributed by atoms with Gasteiger partial charge in [-0.2, -0.15) is 0 Å². The van der Waals surface area contributed by atoms with E-state index in [1.165, 1.54) is 5.56 Å². The van der Waals surface area contributed by atoms with Crippen LogP contribution in [0.5, 0.6) is 0 Å². The first-order valence-corrected chi connectivity index (χ1v) is 8.81. The van der Waals surface area contributed by atoms with Crippen molar-refractivity contribution in [2.24, 2.45) is 5.92 Å². The number of hydrogen-bond donors (Lipinski definition) is 1. The van der Waals surface area contributed by atoms with Crippen molar-refractivity contribution in [3.8, 4) is 0 Å². The van der Waals surface area contributed by atoms with Crippen molar-refractivity contribution in [3.63, 3.8) is 0 Å². The van der Waals surface area contributed by atoms with Crippen LogP contribution in [0, 0.1) is 12.8 Å². The zero-order chi connectivity index (χ0) is 17.6. The third-order valence-electron chi connectivity index (χ3n) is 4.74. The Hall–Kier alpha value is -2.62. The number of para-hydroxylation sites is 1. The predicted molar refractivity (Wildman–Crippen MR) is 99.3 cm³/mol. The fourth-order valence-electron chi connectivity index (χ4n) is 3.15. The van der Waals surface area contributed by atoms with E-state index in [9.17, 15) is 9.59 Å². The van der Waals surface area contributed by atoms with E-state index in [1.54, 1.807) is 0 Å². The molecule has 2 aromatic rings. The molecule has 25 heavy (non-hydrogen) atoms. The maximum atomic E-state index is 12.4. The second-order valence-corrected chi connectivity index (χ2v) is 6.67. The van der Waals surface area contributed by atoms with Crippen LogP contribution < -0.4 is 5.32 Å². The summed E-state index contributed by atoms with van der Waals surface area (Å²) in [4.78, 5) is 26.7. The topological polar surface area (TPSA) is 49.4 Å². The average Bonchev–Trinajstić information content (AvgIpc) is 2.64. The number of anilines is 1. The van der Waals surface area contributed by atoms with Crippen LogP contribution in [0.2, 0.25) is 0 Å². The van der Waals surface area contributed by atoms with Gasteiger partial charge in [0, 0.05) is 24.7 Å². The molecule has 130 valence electrons. The molecule has 1 fully saturated rings. The summed E-state index contributed by atoms with van der Waals surface area (Å²) in [5, 5.41) is 2.96. The summed E-state index contributed by atoms with van der Waals surface area (Å²) in [5.74, 6) is 0.172. The molecular weight excluding hydrogens is 312 g/mol. The average molecular weight is 336 g/mol. The number of aryl methyl sites for hydroxylation is 1. The summed E-state index contributed by atoms with van der Waals surface area (Å²) in [6, 6.07) is 17.6. The number of nitrogens with zero attached hydrogens (tertiary/aromatic N) is 1. The molecule has 0 atom stereocenters. The van der Waals surface area contributed by atoms with Crippen molar-refractivity contribution in [2.75, 3.05) is 18.4 Å². The van der Waals surface area contributed by atoms with Crippen molar-refractivity contribution < 1.29 is 9.59 Å². The van der Waals surface area contributed by atoms with Gasteiger partial charge in [-0.15, -0.1) is 0 Å². The molecule has 0 spiro atoms. The SMILES string of the molecule is Cc1ccc(CC(=O)N2CCC(C(=O)Nc3ccccc3)CC2)cc1. The summed E-state index contributed by atoms with van der Waals surface area (Å²) in [6.07, 6.45) is 1.87. The number of piperidine rings is 1. The van der Waals surface area contributed by atoms with Crippen LogP contribution >= 0.6 is 0 Å². The second kappa shape index (κ2) is 7.97. The van der Waals surface area contributed by atoms with Crippen molar-refractivity contribution in [1.29, 1.82) is 0 Å². The molecule has 1 aliphatic heterocycles. The maximum Gasteiger partial charge on any atom is 0.227 e. The van der Waals surface area contributed by atoms with E-state index < -0.39 is 0 Å². The molecular formula is C21H24N2O2. The maximum absolute atomic E-state index is 12.4. The Bertz CT molecular complexity index is 717. The minimum absolute atomic E-state index is 0.0244. The van der Waals surface area contributed by atoms with Crippen molar-refractivity contribution in [2.45, 2.75) is 26.2 Å². The van der Waals surface area contributed by atoms with E-state index in [-0.39, 0.29) is 17.7 Å². The molecule has 1 heterocycles. The smallest absolute Gasteiger partial charge is 0.227 e. The van der Waals surface area contributed by atoms with E-state index in [0.717, 1.165) is 24.1 Å². The highest BCUT2D eigenvalue weighted by molar-refractivity contribution is 5.92. The lowest BCUT2D eigenvalue weighted by atomic mass is 9.95.